The summed E-state index contributed by atoms with van der Waals surface area (Å²) in [4.78, 5) is 23.4. The van der Waals surface area contributed by atoms with Crippen molar-refractivity contribution in [3.8, 4) is 0 Å². The average molecular weight is 292 g/mol. The van der Waals surface area contributed by atoms with Crippen LogP contribution < -0.4 is 10.6 Å². The van der Waals surface area contributed by atoms with Gasteiger partial charge in [-0.25, -0.2) is 0 Å². The van der Waals surface area contributed by atoms with Gasteiger partial charge in [-0.3, -0.25) is 9.59 Å². The van der Waals surface area contributed by atoms with Gasteiger partial charge < -0.3 is 15.7 Å². The van der Waals surface area contributed by atoms with Crippen molar-refractivity contribution in [2.75, 3.05) is 20.1 Å². The van der Waals surface area contributed by atoms with Gasteiger partial charge in [-0.05, 0) is 37.6 Å². The summed E-state index contributed by atoms with van der Waals surface area (Å²) in [6.45, 7) is 4.61. The molecule has 116 valence electrons. The average Bonchev–Trinajstić information content (AvgIpc) is 2.44. The van der Waals surface area contributed by atoms with Crippen LogP contribution in [0.2, 0.25) is 0 Å². The van der Waals surface area contributed by atoms with E-state index < -0.39 is 11.9 Å². The Labute approximate surface area is 125 Å². The number of likely N-dealkylation sites (N-methyl/N-ethyl adjacent to an activating group) is 1. The third kappa shape index (κ3) is 5.19. The molecule has 1 amide bonds. The molecule has 0 bridgehead atoms. The topological polar surface area (TPSA) is 78.4 Å². The standard InChI is InChI=1S/C16H24N2O3/c1-11(2)14(16(20)21)10-18-15(19)13-7-5-4-6-12(13)8-9-17-3/h4-7,11,14,17H,8-10H2,1-3H3,(H,18,19)(H,20,21). The first kappa shape index (κ1) is 17.2. The van der Waals surface area contributed by atoms with Crippen molar-refractivity contribution in [2.24, 2.45) is 11.8 Å². The molecule has 0 aliphatic carbocycles. The van der Waals surface area contributed by atoms with Crippen LogP contribution in [0.3, 0.4) is 0 Å². The molecule has 5 nitrogen and oxygen atoms in total. The van der Waals surface area contributed by atoms with Gasteiger partial charge in [-0.1, -0.05) is 32.0 Å². The number of hydrogen-bond acceptors (Lipinski definition) is 3. The smallest absolute Gasteiger partial charge is 0.308 e. The van der Waals surface area contributed by atoms with Gasteiger partial charge in [-0.2, -0.15) is 0 Å². The van der Waals surface area contributed by atoms with Gasteiger partial charge in [0.15, 0.2) is 0 Å². The first-order valence-electron chi connectivity index (χ1n) is 7.20. The summed E-state index contributed by atoms with van der Waals surface area (Å²) in [7, 11) is 1.86. The number of nitrogens with one attached hydrogen (secondary N) is 2. The minimum atomic E-state index is -0.881. The van der Waals surface area contributed by atoms with Crippen LogP contribution in [0.25, 0.3) is 0 Å². The van der Waals surface area contributed by atoms with Crippen LogP contribution in [-0.4, -0.2) is 37.1 Å². The summed E-state index contributed by atoms with van der Waals surface area (Å²) in [6, 6.07) is 7.40. The SMILES string of the molecule is CNCCc1ccccc1C(=O)NCC(C(=O)O)C(C)C. The van der Waals surface area contributed by atoms with E-state index >= 15 is 0 Å². The Morgan fingerprint density at radius 1 is 1.24 bits per heavy atom. The molecule has 0 aromatic heterocycles. The Morgan fingerprint density at radius 3 is 2.48 bits per heavy atom. The molecule has 1 aromatic rings. The van der Waals surface area contributed by atoms with Crippen LogP contribution in [0.1, 0.15) is 29.8 Å². The molecule has 0 saturated carbocycles. The number of rotatable bonds is 8. The molecular formula is C16H24N2O3. The molecule has 3 N–H and O–H groups in total. The van der Waals surface area contributed by atoms with Gasteiger partial charge in [0.1, 0.15) is 0 Å². The zero-order valence-electron chi connectivity index (χ0n) is 12.8. The molecular weight excluding hydrogens is 268 g/mol. The lowest BCUT2D eigenvalue weighted by Gasteiger charge is -2.17. The lowest BCUT2D eigenvalue weighted by molar-refractivity contribution is -0.142. The van der Waals surface area contributed by atoms with Crippen molar-refractivity contribution in [1.29, 1.82) is 0 Å². The molecule has 1 rings (SSSR count). The number of carboxylic acids is 1. The number of aliphatic carboxylic acids is 1. The number of benzene rings is 1. The maximum Gasteiger partial charge on any atom is 0.308 e. The highest BCUT2D eigenvalue weighted by Crippen LogP contribution is 2.12. The second-order valence-corrected chi connectivity index (χ2v) is 5.41. The highest BCUT2D eigenvalue weighted by molar-refractivity contribution is 5.95. The van der Waals surface area contributed by atoms with Crippen LogP contribution >= 0.6 is 0 Å². The number of carboxylic acid groups (broad SMARTS) is 1. The van der Waals surface area contributed by atoms with Gasteiger partial charge in [0, 0.05) is 12.1 Å². The van der Waals surface area contributed by atoms with Crippen molar-refractivity contribution in [1.82, 2.24) is 10.6 Å². The van der Waals surface area contributed by atoms with Gasteiger partial charge in [0.2, 0.25) is 0 Å². The van der Waals surface area contributed by atoms with E-state index in [1.807, 2.05) is 39.1 Å². The van der Waals surface area contributed by atoms with Crippen molar-refractivity contribution in [2.45, 2.75) is 20.3 Å². The van der Waals surface area contributed by atoms with Crippen LogP contribution in [0.4, 0.5) is 0 Å². The molecule has 0 spiro atoms. The van der Waals surface area contributed by atoms with E-state index in [0.717, 1.165) is 18.5 Å². The molecule has 0 aliphatic rings. The number of carbonyl (C=O) groups excluding carboxylic acids is 1. The third-order valence-electron chi connectivity index (χ3n) is 3.51. The monoisotopic (exact) mass is 292 g/mol. The van der Waals surface area contributed by atoms with Crippen molar-refractivity contribution >= 4 is 11.9 Å². The molecule has 5 heteroatoms. The summed E-state index contributed by atoms with van der Waals surface area (Å²) in [5, 5.41) is 14.9. The van der Waals surface area contributed by atoms with E-state index in [-0.39, 0.29) is 18.4 Å². The largest absolute Gasteiger partial charge is 0.481 e. The molecule has 0 aliphatic heterocycles. The maximum atomic E-state index is 12.3. The van der Waals surface area contributed by atoms with Crippen LogP contribution in [0.5, 0.6) is 0 Å². The first-order valence-corrected chi connectivity index (χ1v) is 7.20. The Kier molecular flexibility index (Phi) is 6.88. The van der Waals surface area contributed by atoms with E-state index in [2.05, 4.69) is 10.6 Å². The van der Waals surface area contributed by atoms with Crippen molar-refractivity contribution in [3.05, 3.63) is 35.4 Å². The normalized spacial score (nSPS) is 12.2. The quantitative estimate of drug-likeness (QED) is 0.679. The number of carbonyl (C=O) groups is 2. The zero-order chi connectivity index (χ0) is 15.8. The molecule has 0 fully saturated rings. The predicted molar refractivity (Wildman–Crippen MR) is 82.4 cm³/mol. The van der Waals surface area contributed by atoms with Crippen molar-refractivity contribution < 1.29 is 14.7 Å². The predicted octanol–water partition coefficient (Wildman–Crippen LogP) is 1.54. The van der Waals surface area contributed by atoms with Crippen molar-refractivity contribution in [3.63, 3.8) is 0 Å². The lowest BCUT2D eigenvalue weighted by Crippen LogP contribution is -2.36. The second kappa shape index (κ2) is 8.42. The van der Waals surface area contributed by atoms with Gasteiger partial charge in [-0.15, -0.1) is 0 Å². The molecule has 0 heterocycles. The summed E-state index contributed by atoms with van der Waals surface area (Å²) in [6.07, 6.45) is 0.757. The molecule has 21 heavy (non-hydrogen) atoms. The Bertz CT molecular complexity index is 486. The maximum absolute atomic E-state index is 12.3. The van der Waals surface area contributed by atoms with E-state index in [1.54, 1.807) is 6.07 Å². The molecule has 1 unspecified atom stereocenters. The highest BCUT2D eigenvalue weighted by atomic mass is 16.4. The van der Waals surface area contributed by atoms with E-state index in [4.69, 9.17) is 5.11 Å². The van der Waals surface area contributed by atoms with Crippen LogP contribution in [-0.2, 0) is 11.2 Å². The molecule has 1 aromatic carbocycles. The second-order valence-electron chi connectivity index (χ2n) is 5.41. The zero-order valence-corrected chi connectivity index (χ0v) is 12.8. The molecule has 0 radical (unpaired) electrons. The molecule has 1 atom stereocenters. The third-order valence-corrected chi connectivity index (χ3v) is 3.51. The Balaban J connectivity index is 2.73. The fourth-order valence-corrected chi connectivity index (χ4v) is 2.13. The Hall–Kier alpha value is -1.88. The first-order chi connectivity index (χ1) is 9.97. The van der Waals surface area contributed by atoms with E-state index in [1.165, 1.54) is 0 Å². The minimum Gasteiger partial charge on any atom is -0.481 e. The van der Waals surface area contributed by atoms with Gasteiger partial charge >= 0.3 is 5.97 Å². The van der Waals surface area contributed by atoms with E-state index in [0.29, 0.717) is 5.56 Å². The Morgan fingerprint density at radius 2 is 1.90 bits per heavy atom. The summed E-state index contributed by atoms with van der Waals surface area (Å²) in [5.74, 6) is -1.69. The minimum absolute atomic E-state index is 0.0256. The number of amides is 1. The van der Waals surface area contributed by atoms with Gasteiger partial charge in [0.25, 0.3) is 5.91 Å². The number of hydrogen-bond donors (Lipinski definition) is 3. The fraction of sp³-hybridized carbons (Fsp3) is 0.500. The van der Waals surface area contributed by atoms with Crippen LogP contribution in [0.15, 0.2) is 24.3 Å². The molecule has 0 saturated heterocycles. The highest BCUT2D eigenvalue weighted by Gasteiger charge is 2.22. The lowest BCUT2D eigenvalue weighted by atomic mass is 9.95. The summed E-state index contributed by atoms with van der Waals surface area (Å²) < 4.78 is 0. The summed E-state index contributed by atoms with van der Waals surface area (Å²) >= 11 is 0. The van der Waals surface area contributed by atoms with Crippen LogP contribution in [0, 0.1) is 11.8 Å². The van der Waals surface area contributed by atoms with E-state index in [9.17, 15) is 9.59 Å². The van der Waals surface area contributed by atoms with Gasteiger partial charge in [0.05, 0.1) is 5.92 Å². The fourth-order valence-electron chi connectivity index (χ4n) is 2.13. The summed E-state index contributed by atoms with van der Waals surface area (Å²) in [5.41, 5.74) is 1.57.